The lowest BCUT2D eigenvalue weighted by atomic mass is 10.2. The third-order valence-electron chi connectivity index (χ3n) is 2.99. The number of carbonyl (C=O) groups is 2. The summed E-state index contributed by atoms with van der Waals surface area (Å²) in [5.74, 6) is -2.16. The zero-order chi connectivity index (χ0) is 14.7. The third kappa shape index (κ3) is 3.40. The normalized spacial score (nSPS) is 20.1. The van der Waals surface area contributed by atoms with E-state index in [-0.39, 0.29) is 24.6 Å². The van der Waals surface area contributed by atoms with Crippen molar-refractivity contribution in [3.05, 3.63) is 42.2 Å². The smallest absolute Gasteiger partial charge is 0.243 e. The maximum Gasteiger partial charge on any atom is 0.243 e. The van der Waals surface area contributed by atoms with Crippen molar-refractivity contribution in [2.24, 2.45) is 5.92 Å². The lowest BCUT2D eigenvalue weighted by Gasteiger charge is -2.09. The van der Waals surface area contributed by atoms with Crippen molar-refractivity contribution in [3.63, 3.8) is 0 Å². The number of benzene rings is 1. The van der Waals surface area contributed by atoms with Crippen LogP contribution in [0.15, 0.2) is 30.9 Å². The minimum Gasteiger partial charge on any atom is -0.348 e. The van der Waals surface area contributed by atoms with Crippen LogP contribution in [0.1, 0.15) is 12.0 Å². The summed E-state index contributed by atoms with van der Waals surface area (Å²) in [6, 6.07) is 4.08. The summed E-state index contributed by atoms with van der Waals surface area (Å²) < 4.78 is 26.3. The van der Waals surface area contributed by atoms with Gasteiger partial charge < -0.3 is 10.6 Å². The first-order chi connectivity index (χ1) is 9.51. The Morgan fingerprint density at radius 3 is 2.75 bits per heavy atom. The molecule has 0 radical (unpaired) electrons. The molecule has 0 bridgehead atoms. The van der Waals surface area contributed by atoms with Crippen molar-refractivity contribution in [3.8, 4) is 0 Å². The van der Waals surface area contributed by atoms with Gasteiger partial charge in [-0.05, 0) is 30.2 Å². The average Bonchev–Trinajstić information content (AvgIpc) is 3.16. The number of rotatable bonds is 5. The molecule has 2 N–H and O–H groups in total. The highest BCUT2D eigenvalue weighted by atomic mass is 19.1. The predicted molar refractivity (Wildman–Crippen MR) is 70.1 cm³/mol. The minimum absolute atomic E-state index is 0.0144. The molecule has 0 heterocycles. The molecule has 0 saturated heterocycles. The van der Waals surface area contributed by atoms with Crippen molar-refractivity contribution in [1.82, 2.24) is 5.32 Å². The van der Waals surface area contributed by atoms with Gasteiger partial charge >= 0.3 is 0 Å². The van der Waals surface area contributed by atoms with Crippen LogP contribution in [0, 0.1) is 11.7 Å². The fourth-order valence-corrected chi connectivity index (χ4v) is 1.70. The maximum atomic E-state index is 13.6. The minimum atomic E-state index is -1.13. The molecule has 1 saturated carbocycles. The Morgan fingerprint density at radius 2 is 2.15 bits per heavy atom. The molecule has 1 aromatic carbocycles. The van der Waals surface area contributed by atoms with Crippen molar-refractivity contribution in [2.45, 2.75) is 19.1 Å². The highest BCUT2D eigenvalue weighted by molar-refractivity contribution is 5.95. The summed E-state index contributed by atoms with van der Waals surface area (Å²) in [7, 11) is 0. The van der Waals surface area contributed by atoms with E-state index >= 15 is 0 Å². The van der Waals surface area contributed by atoms with Crippen LogP contribution < -0.4 is 10.6 Å². The Kier molecular flexibility index (Phi) is 4.12. The second kappa shape index (κ2) is 5.81. The molecule has 6 heteroatoms. The van der Waals surface area contributed by atoms with Crippen LogP contribution >= 0.6 is 0 Å². The van der Waals surface area contributed by atoms with Gasteiger partial charge in [-0.3, -0.25) is 9.59 Å². The van der Waals surface area contributed by atoms with E-state index in [2.05, 4.69) is 17.2 Å². The number of carbonyl (C=O) groups excluding carboxylic acids is 2. The molecule has 1 fully saturated rings. The molecule has 4 nitrogen and oxygen atoms in total. The topological polar surface area (TPSA) is 58.2 Å². The van der Waals surface area contributed by atoms with Gasteiger partial charge in [0.1, 0.15) is 12.0 Å². The summed E-state index contributed by atoms with van der Waals surface area (Å²) in [5.41, 5.74) is 0.601. The van der Waals surface area contributed by atoms with E-state index in [1.54, 1.807) is 0 Å². The van der Waals surface area contributed by atoms with Gasteiger partial charge in [-0.25, -0.2) is 8.78 Å². The van der Waals surface area contributed by atoms with E-state index in [9.17, 15) is 18.4 Å². The SMILES string of the molecule is C=CC(=O)NCc1ccc(F)c(NC(=O)[C@H]2C[C@H]2F)c1. The Bertz CT molecular complexity index is 560. The first-order valence-electron chi connectivity index (χ1n) is 6.15. The summed E-state index contributed by atoms with van der Waals surface area (Å²) >= 11 is 0. The lowest BCUT2D eigenvalue weighted by Crippen LogP contribution is -2.20. The van der Waals surface area contributed by atoms with Gasteiger partial charge in [-0.15, -0.1) is 0 Å². The number of anilines is 1. The molecular weight excluding hydrogens is 266 g/mol. The third-order valence-corrected chi connectivity index (χ3v) is 2.99. The van der Waals surface area contributed by atoms with Crippen LogP contribution in [0.25, 0.3) is 0 Å². The maximum absolute atomic E-state index is 13.6. The van der Waals surface area contributed by atoms with Crippen LogP contribution in [0.2, 0.25) is 0 Å². The number of hydrogen-bond donors (Lipinski definition) is 2. The van der Waals surface area contributed by atoms with E-state index in [4.69, 9.17) is 0 Å². The second-order valence-electron chi connectivity index (χ2n) is 4.58. The fourth-order valence-electron chi connectivity index (χ4n) is 1.70. The van der Waals surface area contributed by atoms with E-state index in [0.717, 1.165) is 6.08 Å². The van der Waals surface area contributed by atoms with E-state index in [1.807, 2.05) is 0 Å². The number of hydrogen-bond acceptors (Lipinski definition) is 2. The molecule has 1 aliphatic rings. The molecule has 1 aliphatic carbocycles. The molecule has 0 aromatic heterocycles. The largest absolute Gasteiger partial charge is 0.348 e. The number of alkyl halides is 1. The van der Waals surface area contributed by atoms with Crippen molar-refractivity contribution < 1.29 is 18.4 Å². The molecule has 2 amide bonds. The number of halogens is 2. The summed E-state index contributed by atoms with van der Waals surface area (Å²) in [4.78, 5) is 22.6. The summed E-state index contributed by atoms with van der Waals surface area (Å²) in [5, 5.41) is 4.90. The molecule has 106 valence electrons. The average molecular weight is 280 g/mol. The van der Waals surface area contributed by atoms with Gasteiger partial charge in [0.2, 0.25) is 11.8 Å². The molecule has 0 unspecified atom stereocenters. The van der Waals surface area contributed by atoms with Crippen LogP contribution in [0.4, 0.5) is 14.5 Å². The molecule has 0 aliphatic heterocycles. The van der Waals surface area contributed by atoms with E-state index in [1.165, 1.54) is 18.2 Å². The van der Waals surface area contributed by atoms with Gasteiger partial charge in [0, 0.05) is 6.54 Å². The van der Waals surface area contributed by atoms with Crippen molar-refractivity contribution >= 4 is 17.5 Å². The number of nitrogens with one attached hydrogen (secondary N) is 2. The van der Waals surface area contributed by atoms with Gasteiger partial charge in [-0.1, -0.05) is 12.6 Å². The number of amides is 2. The first-order valence-corrected chi connectivity index (χ1v) is 6.15. The zero-order valence-corrected chi connectivity index (χ0v) is 10.7. The zero-order valence-electron chi connectivity index (χ0n) is 10.7. The second-order valence-corrected chi connectivity index (χ2v) is 4.58. The van der Waals surface area contributed by atoms with Crippen LogP contribution in [-0.2, 0) is 16.1 Å². The summed E-state index contributed by atoms with van der Waals surface area (Å²) in [6.07, 6.45) is 0.177. The predicted octanol–water partition coefficient (Wildman–Crippen LogP) is 1.92. The molecule has 1 aromatic rings. The van der Waals surface area contributed by atoms with Gasteiger partial charge in [0.15, 0.2) is 0 Å². The Morgan fingerprint density at radius 1 is 1.45 bits per heavy atom. The molecule has 20 heavy (non-hydrogen) atoms. The van der Waals surface area contributed by atoms with Gasteiger partial charge in [0.25, 0.3) is 0 Å². The highest BCUT2D eigenvalue weighted by Gasteiger charge is 2.43. The van der Waals surface area contributed by atoms with Crippen LogP contribution in [-0.4, -0.2) is 18.0 Å². The highest BCUT2D eigenvalue weighted by Crippen LogP contribution is 2.35. The molecule has 0 spiro atoms. The van der Waals surface area contributed by atoms with E-state index in [0.29, 0.717) is 5.56 Å². The quantitative estimate of drug-likeness (QED) is 0.810. The fraction of sp³-hybridized carbons (Fsp3) is 0.286. The van der Waals surface area contributed by atoms with Crippen LogP contribution in [0.5, 0.6) is 0 Å². The van der Waals surface area contributed by atoms with Crippen molar-refractivity contribution in [2.75, 3.05) is 5.32 Å². The van der Waals surface area contributed by atoms with Crippen molar-refractivity contribution in [1.29, 1.82) is 0 Å². The van der Waals surface area contributed by atoms with Crippen LogP contribution in [0.3, 0.4) is 0 Å². The molecule has 2 atom stereocenters. The van der Waals surface area contributed by atoms with Gasteiger partial charge in [0.05, 0.1) is 11.6 Å². The Hall–Kier alpha value is -2.24. The first kappa shape index (κ1) is 14.2. The van der Waals surface area contributed by atoms with Gasteiger partial charge in [-0.2, -0.15) is 0 Å². The Labute approximate surface area is 114 Å². The summed E-state index contributed by atoms with van der Waals surface area (Å²) in [6.45, 7) is 3.50. The van der Waals surface area contributed by atoms with E-state index < -0.39 is 23.8 Å². The molecular formula is C14H14F2N2O2. The lowest BCUT2D eigenvalue weighted by molar-refractivity contribution is -0.118. The Balaban J connectivity index is 2.02. The monoisotopic (exact) mass is 280 g/mol. The standard InChI is InChI=1S/C14H14F2N2O2/c1-2-13(19)17-7-8-3-4-10(15)12(5-8)18-14(20)9-6-11(9)16/h2-5,9,11H,1,6-7H2,(H,17,19)(H,18,20)/t9-,11+/m0/s1. The molecule has 2 rings (SSSR count).